The Morgan fingerprint density at radius 2 is 1.52 bits per heavy atom. The van der Waals surface area contributed by atoms with Crippen LogP contribution in [0.3, 0.4) is 0 Å². The molecule has 2 atom stereocenters. The van der Waals surface area contributed by atoms with Gasteiger partial charge in [0, 0.05) is 22.9 Å². The third kappa shape index (κ3) is 2.31. The number of hydrogen-bond donors (Lipinski definition) is 0. The molecular weight excluding hydrogens is 306 g/mol. The zero-order valence-corrected chi connectivity index (χ0v) is 14.6. The van der Waals surface area contributed by atoms with Crippen molar-refractivity contribution in [3.63, 3.8) is 0 Å². The van der Waals surface area contributed by atoms with E-state index in [0.717, 1.165) is 12.3 Å². The first kappa shape index (κ1) is 14.8. The molecule has 0 saturated heterocycles. The first-order chi connectivity index (χ1) is 12.4. The van der Waals surface area contributed by atoms with E-state index in [1.807, 2.05) is 7.11 Å². The van der Waals surface area contributed by atoms with Crippen molar-refractivity contribution in [1.29, 1.82) is 0 Å². The minimum absolute atomic E-state index is 0.610. The van der Waals surface area contributed by atoms with Gasteiger partial charge in [0.25, 0.3) is 0 Å². The largest absolute Gasteiger partial charge is 0.482 e. The second-order valence-electron chi connectivity index (χ2n) is 7.24. The number of ether oxygens (including phenoxy) is 1. The second kappa shape index (κ2) is 5.80. The summed E-state index contributed by atoms with van der Waals surface area (Å²) in [5.74, 6) is 2.32. The molecule has 1 fully saturated rings. The summed E-state index contributed by atoms with van der Waals surface area (Å²) in [6.45, 7) is 0. The molecule has 2 aliphatic carbocycles. The number of fused-ring (bicyclic) bond motifs is 1. The predicted molar refractivity (Wildman–Crippen MR) is 101 cm³/mol. The lowest BCUT2D eigenvalue weighted by Gasteiger charge is -2.15. The van der Waals surface area contributed by atoms with E-state index in [0.29, 0.717) is 11.8 Å². The van der Waals surface area contributed by atoms with Gasteiger partial charge in [-0.05, 0) is 54.9 Å². The van der Waals surface area contributed by atoms with E-state index in [1.54, 1.807) is 5.56 Å². The smallest absolute Gasteiger partial charge is 0.201 e. The first-order valence-electron chi connectivity index (χ1n) is 9.29. The van der Waals surface area contributed by atoms with Crippen LogP contribution in [-0.2, 0) is 12.8 Å². The van der Waals surface area contributed by atoms with Gasteiger partial charge < -0.3 is 4.74 Å². The summed E-state index contributed by atoms with van der Waals surface area (Å²) in [6.07, 6.45) is 4.84. The molecule has 2 aromatic carbocycles. The van der Waals surface area contributed by atoms with Gasteiger partial charge in [-0.3, -0.25) is 4.57 Å². The molecule has 2 aliphatic rings. The van der Waals surface area contributed by atoms with Gasteiger partial charge in [-0.1, -0.05) is 48.5 Å². The number of para-hydroxylation sites is 1. The van der Waals surface area contributed by atoms with Crippen LogP contribution in [0.4, 0.5) is 0 Å². The molecule has 5 rings (SSSR count). The summed E-state index contributed by atoms with van der Waals surface area (Å²) in [5, 5.41) is 0. The fraction of sp³-hybridized carbons (Fsp3) is 0.304. The Kier molecular flexibility index (Phi) is 3.44. The monoisotopic (exact) mass is 329 g/mol. The molecule has 0 radical (unpaired) electrons. The van der Waals surface area contributed by atoms with E-state index in [-0.39, 0.29) is 0 Å². The second-order valence-corrected chi connectivity index (χ2v) is 7.24. The molecule has 2 heteroatoms. The summed E-state index contributed by atoms with van der Waals surface area (Å²) in [5.41, 5.74) is 7.20. The molecule has 126 valence electrons. The van der Waals surface area contributed by atoms with E-state index in [9.17, 15) is 0 Å². The van der Waals surface area contributed by atoms with Gasteiger partial charge in [0.05, 0.1) is 7.11 Å². The summed E-state index contributed by atoms with van der Waals surface area (Å²) in [4.78, 5) is 0. The minimum Gasteiger partial charge on any atom is -0.482 e. The van der Waals surface area contributed by atoms with Gasteiger partial charge in [0.2, 0.25) is 5.88 Å². The number of hydrogen-bond acceptors (Lipinski definition) is 1. The zero-order valence-electron chi connectivity index (χ0n) is 14.6. The van der Waals surface area contributed by atoms with Crippen LogP contribution in [0.5, 0.6) is 5.88 Å². The van der Waals surface area contributed by atoms with Crippen LogP contribution < -0.4 is 4.74 Å². The molecule has 3 aromatic rings. The number of benzene rings is 2. The zero-order chi connectivity index (χ0) is 16.8. The van der Waals surface area contributed by atoms with Gasteiger partial charge in [0.15, 0.2) is 0 Å². The summed E-state index contributed by atoms with van der Waals surface area (Å²) in [7, 11) is 1.82. The normalized spacial score (nSPS) is 21.2. The molecule has 0 unspecified atom stereocenters. The maximum Gasteiger partial charge on any atom is 0.201 e. The van der Waals surface area contributed by atoms with Crippen molar-refractivity contribution in [1.82, 2.24) is 4.57 Å². The molecule has 0 bridgehead atoms. The average molecular weight is 329 g/mol. The van der Waals surface area contributed by atoms with Crippen LogP contribution in [0.25, 0.3) is 5.69 Å². The maximum absolute atomic E-state index is 5.91. The third-order valence-corrected chi connectivity index (χ3v) is 5.81. The molecule has 0 N–H and O–H groups in total. The molecule has 1 saturated carbocycles. The average Bonchev–Trinajstić information content (AvgIpc) is 3.19. The van der Waals surface area contributed by atoms with Crippen LogP contribution in [-0.4, -0.2) is 11.7 Å². The van der Waals surface area contributed by atoms with Gasteiger partial charge in [-0.25, -0.2) is 0 Å². The molecule has 0 amide bonds. The highest BCUT2D eigenvalue weighted by molar-refractivity contribution is 5.55. The van der Waals surface area contributed by atoms with Crippen molar-refractivity contribution in [2.75, 3.05) is 7.11 Å². The van der Waals surface area contributed by atoms with Crippen molar-refractivity contribution in [2.24, 2.45) is 0 Å². The quantitative estimate of drug-likeness (QED) is 0.638. The lowest BCUT2D eigenvalue weighted by Crippen LogP contribution is -2.04. The van der Waals surface area contributed by atoms with Crippen LogP contribution in [0.15, 0.2) is 60.7 Å². The fourth-order valence-electron chi connectivity index (χ4n) is 4.65. The Balaban J connectivity index is 1.65. The highest BCUT2D eigenvalue weighted by Gasteiger charge is 2.45. The molecule has 1 aromatic heterocycles. The van der Waals surface area contributed by atoms with Gasteiger partial charge in [-0.2, -0.15) is 0 Å². The number of rotatable bonds is 4. The molecule has 0 spiro atoms. The van der Waals surface area contributed by atoms with E-state index < -0.39 is 0 Å². The predicted octanol–water partition coefficient (Wildman–Crippen LogP) is 5.25. The van der Waals surface area contributed by atoms with Gasteiger partial charge in [-0.15, -0.1) is 0 Å². The minimum atomic E-state index is 0.610. The summed E-state index contributed by atoms with van der Waals surface area (Å²) >= 11 is 0. The van der Waals surface area contributed by atoms with Crippen molar-refractivity contribution in [3.05, 3.63) is 83.0 Å². The van der Waals surface area contributed by atoms with Crippen molar-refractivity contribution < 1.29 is 4.74 Å². The van der Waals surface area contributed by atoms with Crippen molar-refractivity contribution in [3.8, 4) is 11.6 Å². The van der Waals surface area contributed by atoms with Gasteiger partial charge >= 0.3 is 0 Å². The van der Waals surface area contributed by atoms with E-state index in [1.165, 1.54) is 41.8 Å². The molecular formula is C23H23NO. The van der Waals surface area contributed by atoms with Crippen LogP contribution in [0.1, 0.15) is 47.1 Å². The Bertz CT molecular complexity index is 895. The fourth-order valence-corrected chi connectivity index (χ4v) is 4.65. The van der Waals surface area contributed by atoms with Crippen molar-refractivity contribution >= 4 is 0 Å². The standard InChI is InChI=1S/C23H23NO/c1-25-23-19-14-8-13-18(19)22(24(23)17-11-6-3-7-12-17)21-15-20(21)16-9-4-2-5-10-16/h2-7,9-12,20-21H,8,13-15H2,1H3/t20-,21-/m1/s1. The molecule has 0 aliphatic heterocycles. The topological polar surface area (TPSA) is 14.2 Å². The van der Waals surface area contributed by atoms with Crippen molar-refractivity contribution in [2.45, 2.75) is 37.5 Å². The number of methoxy groups -OCH3 is 1. The third-order valence-electron chi connectivity index (χ3n) is 5.81. The van der Waals surface area contributed by atoms with Gasteiger partial charge in [0.1, 0.15) is 0 Å². The summed E-state index contributed by atoms with van der Waals surface area (Å²) < 4.78 is 8.31. The summed E-state index contributed by atoms with van der Waals surface area (Å²) in [6, 6.07) is 21.7. The Labute approximate surface area is 149 Å². The molecule has 2 nitrogen and oxygen atoms in total. The van der Waals surface area contributed by atoms with E-state index in [4.69, 9.17) is 4.74 Å². The Morgan fingerprint density at radius 3 is 2.24 bits per heavy atom. The Hall–Kier alpha value is -2.48. The highest BCUT2D eigenvalue weighted by Crippen LogP contribution is 2.58. The number of aromatic nitrogens is 1. The maximum atomic E-state index is 5.91. The van der Waals surface area contributed by atoms with E-state index in [2.05, 4.69) is 65.2 Å². The van der Waals surface area contributed by atoms with Crippen LogP contribution >= 0.6 is 0 Å². The molecule has 1 heterocycles. The Morgan fingerprint density at radius 1 is 0.840 bits per heavy atom. The molecule has 25 heavy (non-hydrogen) atoms. The van der Waals surface area contributed by atoms with Crippen LogP contribution in [0.2, 0.25) is 0 Å². The van der Waals surface area contributed by atoms with Crippen LogP contribution in [0, 0.1) is 0 Å². The lowest BCUT2D eigenvalue weighted by molar-refractivity contribution is 0.383. The first-order valence-corrected chi connectivity index (χ1v) is 9.29. The number of nitrogens with zero attached hydrogens (tertiary/aromatic N) is 1. The lowest BCUT2D eigenvalue weighted by atomic mass is 10.0. The van der Waals surface area contributed by atoms with E-state index >= 15 is 0 Å². The highest BCUT2D eigenvalue weighted by atomic mass is 16.5. The SMILES string of the molecule is COc1c2c(c([C@@H]3C[C@@H]3c3ccccc3)n1-c1ccccc1)CCC2.